The van der Waals surface area contributed by atoms with Crippen LogP contribution in [-0.2, 0) is 4.79 Å². The number of amides is 1. The third-order valence-corrected chi connectivity index (χ3v) is 2.26. The van der Waals surface area contributed by atoms with Gasteiger partial charge in [0, 0.05) is 18.2 Å². The minimum Gasteiger partial charge on any atom is -0.348 e. The first-order valence-corrected chi connectivity index (χ1v) is 4.92. The highest BCUT2D eigenvalue weighted by Crippen LogP contribution is 2.00. The Morgan fingerprint density at radius 1 is 1.69 bits per heavy atom. The molecule has 13 heavy (non-hydrogen) atoms. The molecule has 1 amide bonds. The zero-order valence-electron chi connectivity index (χ0n) is 8.39. The van der Waals surface area contributed by atoms with Crippen molar-refractivity contribution >= 4 is 5.91 Å². The lowest BCUT2D eigenvalue weighted by atomic mass is 10.2. The molecule has 1 aliphatic heterocycles. The van der Waals surface area contributed by atoms with E-state index < -0.39 is 0 Å². The first-order valence-electron chi connectivity index (χ1n) is 4.92. The lowest BCUT2D eigenvalue weighted by Gasteiger charge is -2.11. The van der Waals surface area contributed by atoms with E-state index in [0.717, 1.165) is 31.5 Å². The zero-order valence-corrected chi connectivity index (χ0v) is 8.39. The van der Waals surface area contributed by atoms with E-state index in [2.05, 4.69) is 10.6 Å². The quantitative estimate of drug-likeness (QED) is 0.634. The van der Waals surface area contributed by atoms with Gasteiger partial charge in [-0.15, -0.1) is 0 Å². The van der Waals surface area contributed by atoms with Gasteiger partial charge in [0.2, 0.25) is 5.91 Å². The minimum absolute atomic E-state index is 0.0792. The lowest BCUT2D eigenvalue weighted by Crippen LogP contribution is -2.36. The molecule has 0 spiro atoms. The Morgan fingerprint density at radius 3 is 3.00 bits per heavy atom. The average Bonchev–Trinajstić information content (AvgIpc) is 2.57. The zero-order chi connectivity index (χ0) is 9.68. The van der Waals surface area contributed by atoms with E-state index in [9.17, 15) is 4.79 Å². The summed E-state index contributed by atoms with van der Waals surface area (Å²) in [7, 11) is 0. The van der Waals surface area contributed by atoms with Gasteiger partial charge in [0.1, 0.15) is 0 Å². The molecule has 0 aromatic rings. The molecule has 2 N–H and O–H groups in total. The standard InChI is InChI=1S/C10H18N2O/c1-3-4-8(2)10(13)12-9-5-6-11-7-9/h4,9,11H,3,5-7H2,1-2H3,(H,12,13)/b8-4-. The van der Waals surface area contributed by atoms with E-state index in [0.29, 0.717) is 6.04 Å². The Kier molecular flexibility index (Phi) is 3.96. The first-order chi connectivity index (χ1) is 6.24. The van der Waals surface area contributed by atoms with Crippen molar-refractivity contribution in [2.45, 2.75) is 32.7 Å². The Morgan fingerprint density at radius 2 is 2.46 bits per heavy atom. The summed E-state index contributed by atoms with van der Waals surface area (Å²) in [6, 6.07) is 0.327. The van der Waals surface area contributed by atoms with Gasteiger partial charge in [0.25, 0.3) is 0 Å². The molecule has 0 aromatic heterocycles. The molecule has 1 rings (SSSR count). The molecule has 74 valence electrons. The number of nitrogens with one attached hydrogen (secondary N) is 2. The summed E-state index contributed by atoms with van der Waals surface area (Å²) in [6.45, 7) is 5.82. The topological polar surface area (TPSA) is 41.1 Å². The molecule has 1 heterocycles. The van der Waals surface area contributed by atoms with Gasteiger partial charge in [-0.05, 0) is 26.3 Å². The van der Waals surface area contributed by atoms with Crippen LogP contribution in [0.15, 0.2) is 11.6 Å². The Hall–Kier alpha value is -0.830. The van der Waals surface area contributed by atoms with Crippen LogP contribution in [0.25, 0.3) is 0 Å². The van der Waals surface area contributed by atoms with Crippen molar-refractivity contribution in [1.29, 1.82) is 0 Å². The van der Waals surface area contributed by atoms with Crippen LogP contribution in [0.2, 0.25) is 0 Å². The van der Waals surface area contributed by atoms with Gasteiger partial charge in [-0.1, -0.05) is 13.0 Å². The second-order valence-electron chi connectivity index (χ2n) is 3.46. The van der Waals surface area contributed by atoms with Gasteiger partial charge in [0.05, 0.1) is 0 Å². The molecule has 1 unspecified atom stereocenters. The number of allylic oxidation sites excluding steroid dienone is 1. The Balaban J connectivity index is 2.35. The van der Waals surface area contributed by atoms with E-state index in [1.807, 2.05) is 19.9 Å². The van der Waals surface area contributed by atoms with E-state index in [1.54, 1.807) is 0 Å². The van der Waals surface area contributed by atoms with E-state index in [1.165, 1.54) is 0 Å². The number of hydrogen-bond donors (Lipinski definition) is 2. The molecule has 0 aromatic carbocycles. The van der Waals surface area contributed by atoms with Crippen LogP contribution in [0.5, 0.6) is 0 Å². The molecule has 0 saturated carbocycles. The van der Waals surface area contributed by atoms with E-state index >= 15 is 0 Å². The molecule has 0 bridgehead atoms. The fraction of sp³-hybridized carbons (Fsp3) is 0.700. The van der Waals surface area contributed by atoms with Crippen molar-refractivity contribution in [2.24, 2.45) is 0 Å². The highest BCUT2D eigenvalue weighted by molar-refractivity contribution is 5.92. The van der Waals surface area contributed by atoms with Crippen molar-refractivity contribution in [2.75, 3.05) is 13.1 Å². The highest BCUT2D eigenvalue weighted by Gasteiger charge is 2.16. The van der Waals surface area contributed by atoms with Crippen molar-refractivity contribution in [3.05, 3.63) is 11.6 Å². The van der Waals surface area contributed by atoms with E-state index in [-0.39, 0.29) is 5.91 Å². The lowest BCUT2D eigenvalue weighted by molar-refractivity contribution is -0.118. The van der Waals surface area contributed by atoms with Gasteiger partial charge in [-0.3, -0.25) is 4.79 Å². The normalized spacial score (nSPS) is 23.2. The van der Waals surface area contributed by atoms with Crippen molar-refractivity contribution < 1.29 is 4.79 Å². The molecule has 1 atom stereocenters. The summed E-state index contributed by atoms with van der Waals surface area (Å²) in [6.07, 6.45) is 3.92. The van der Waals surface area contributed by atoms with Crippen LogP contribution >= 0.6 is 0 Å². The summed E-state index contributed by atoms with van der Waals surface area (Å²) in [4.78, 5) is 11.5. The second kappa shape index (κ2) is 5.02. The summed E-state index contributed by atoms with van der Waals surface area (Å²) in [5, 5.41) is 6.21. The molecular weight excluding hydrogens is 164 g/mol. The number of rotatable bonds is 3. The summed E-state index contributed by atoms with van der Waals surface area (Å²) in [5.74, 6) is 0.0792. The predicted octanol–water partition coefficient (Wildman–Crippen LogP) is 0.821. The van der Waals surface area contributed by atoms with Crippen LogP contribution in [0.4, 0.5) is 0 Å². The van der Waals surface area contributed by atoms with Crippen LogP contribution in [0.3, 0.4) is 0 Å². The molecule has 1 fully saturated rings. The van der Waals surface area contributed by atoms with Crippen molar-refractivity contribution in [1.82, 2.24) is 10.6 Å². The Labute approximate surface area is 79.6 Å². The van der Waals surface area contributed by atoms with E-state index in [4.69, 9.17) is 0 Å². The van der Waals surface area contributed by atoms with Gasteiger partial charge in [-0.2, -0.15) is 0 Å². The third-order valence-electron chi connectivity index (χ3n) is 2.26. The Bertz CT molecular complexity index is 205. The van der Waals surface area contributed by atoms with Crippen LogP contribution in [0.1, 0.15) is 26.7 Å². The molecule has 1 saturated heterocycles. The molecule has 3 heteroatoms. The van der Waals surface area contributed by atoms with Crippen molar-refractivity contribution in [3.63, 3.8) is 0 Å². The fourth-order valence-corrected chi connectivity index (χ4v) is 1.48. The van der Waals surface area contributed by atoms with Crippen LogP contribution < -0.4 is 10.6 Å². The average molecular weight is 182 g/mol. The summed E-state index contributed by atoms with van der Waals surface area (Å²) in [5.41, 5.74) is 0.828. The summed E-state index contributed by atoms with van der Waals surface area (Å²) < 4.78 is 0. The highest BCUT2D eigenvalue weighted by atomic mass is 16.1. The first kappa shape index (κ1) is 10.3. The SMILES string of the molecule is CC/C=C(/C)C(=O)NC1CCNC1. The number of hydrogen-bond acceptors (Lipinski definition) is 2. The maximum Gasteiger partial charge on any atom is 0.246 e. The van der Waals surface area contributed by atoms with Crippen LogP contribution in [0, 0.1) is 0 Å². The molecule has 0 aliphatic carbocycles. The smallest absolute Gasteiger partial charge is 0.246 e. The molecule has 3 nitrogen and oxygen atoms in total. The molecular formula is C10H18N2O. The maximum atomic E-state index is 11.5. The summed E-state index contributed by atoms with van der Waals surface area (Å²) >= 11 is 0. The van der Waals surface area contributed by atoms with Gasteiger partial charge in [0.15, 0.2) is 0 Å². The fourth-order valence-electron chi connectivity index (χ4n) is 1.48. The predicted molar refractivity (Wildman–Crippen MR) is 53.5 cm³/mol. The largest absolute Gasteiger partial charge is 0.348 e. The molecule has 0 radical (unpaired) electrons. The second-order valence-corrected chi connectivity index (χ2v) is 3.46. The number of carbonyl (C=O) groups excluding carboxylic acids is 1. The van der Waals surface area contributed by atoms with Gasteiger partial charge >= 0.3 is 0 Å². The van der Waals surface area contributed by atoms with Crippen LogP contribution in [-0.4, -0.2) is 25.0 Å². The minimum atomic E-state index is 0.0792. The van der Waals surface area contributed by atoms with Gasteiger partial charge in [-0.25, -0.2) is 0 Å². The van der Waals surface area contributed by atoms with Gasteiger partial charge < -0.3 is 10.6 Å². The maximum absolute atomic E-state index is 11.5. The number of carbonyl (C=O) groups is 1. The van der Waals surface area contributed by atoms with Crippen molar-refractivity contribution in [3.8, 4) is 0 Å². The molecule has 1 aliphatic rings. The monoisotopic (exact) mass is 182 g/mol. The third kappa shape index (κ3) is 3.19.